The normalized spacial score (nSPS) is 23.8. The Labute approximate surface area is 194 Å². The predicted molar refractivity (Wildman–Crippen MR) is 128 cm³/mol. The SMILES string of the molecule is [C-]#[N+]C1=C[C@@]2(C)c3nc(-c4ccnc(C)c4)nc(-c4ccc(C)cc4)c3CC[C@@H]2[C@@H](C)C1=O. The lowest BCUT2D eigenvalue weighted by molar-refractivity contribution is -0.121. The van der Waals surface area contributed by atoms with E-state index in [9.17, 15) is 4.79 Å². The van der Waals surface area contributed by atoms with Gasteiger partial charge in [0.25, 0.3) is 0 Å². The standard InChI is InChI=1S/C28H26N4O/c1-16-6-8-19(9-7-16)24-21-10-11-22-18(3)25(33)23(29-5)15-28(22,4)26(21)32-27(31-24)20-12-13-30-17(2)14-20/h6-9,12-15,18,22H,10-11H2,1-4H3/t18-,22-,28-/m1/s1. The summed E-state index contributed by atoms with van der Waals surface area (Å²) < 4.78 is 0. The maximum atomic E-state index is 12.8. The zero-order chi connectivity index (χ0) is 23.3. The first-order chi connectivity index (χ1) is 15.8. The van der Waals surface area contributed by atoms with Crippen molar-refractivity contribution in [2.24, 2.45) is 11.8 Å². The van der Waals surface area contributed by atoms with Gasteiger partial charge in [-0.3, -0.25) is 4.98 Å². The summed E-state index contributed by atoms with van der Waals surface area (Å²) in [5, 5.41) is 0. The summed E-state index contributed by atoms with van der Waals surface area (Å²) in [7, 11) is 0. The Morgan fingerprint density at radius 2 is 1.85 bits per heavy atom. The van der Waals surface area contributed by atoms with E-state index in [2.05, 4.69) is 47.9 Å². The highest BCUT2D eigenvalue weighted by atomic mass is 16.1. The molecule has 0 radical (unpaired) electrons. The molecule has 164 valence electrons. The van der Waals surface area contributed by atoms with Crippen molar-refractivity contribution in [1.82, 2.24) is 15.0 Å². The highest BCUT2D eigenvalue weighted by Crippen LogP contribution is 2.51. The number of fused-ring (bicyclic) bond motifs is 3. The van der Waals surface area contributed by atoms with E-state index in [0.717, 1.165) is 46.6 Å². The molecule has 0 bridgehead atoms. The number of hydrogen-bond acceptors (Lipinski definition) is 4. The Kier molecular flexibility index (Phi) is 4.97. The number of ketones is 1. The molecule has 0 aliphatic heterocycles. The molecule has 0 fully saturated rings. The topological polar surface area (TPSA) is 60.1 Å². The van der Waals surface area contributed by atoms with Crippen LogP contribution < -0.4 is 0 Å². The van der Waals surface area contributed by atoms with Gasteiger partial charge in [-0.05, 0) is 44.7 Å². The Hall–Kier alpha value is -3.65. The van der Waals surface area contributed by atoms with Gasteiger partial charge in [0, 0.05) is 39.9 Å². The lowest BCUT2D eigenvalue weighted by Gasteiger charge is -2.46. The van der Waals surface area contributed by atoms with Crippen LogP contribution in [0, 0.1) is 32.3 Å². The molecule has 1 aromatic carbocycles. The van der Waals surface area contributed by atoms with Crippen LogP contribution in [0.2, 0.25) is 0 Å². The second-order valence-electron chi connectivity index (χ2n) is 9.50. The molecular formula is C28H26N4O. The lowest BCUT2D eigenvalue weighted by Crippen LogP contribution is -2.46. The van der Waals surface area contributed by atoms with Gasteiger partial charge in [-0.25, -0.2) is 14.8 Å². The van der Waals surface area contributed by atoms with Crippen LogP contribution in [0.1, 0.15) is 42.8 Å². The fourth-order valence-electron chi connectivity index (χ4n) is 5.51. The van der Waals surface area contributed by atoms with Crippen molar-refractivity contribution in [3.05, 3.63) is 88.3 Å². The van der Waals surface area contributed by atoms with Crippen LogP contribution in [0.4, 0.5) is 0 Å². The molecule has 2 aromatic heterocycles. The Balaban J connectivity index is 1.81. The summed E-state index contributed by atoms with van der Waals surface area (Å²) >= 11 is 0. The van der Waals surface area contributed by atoms with E-state index in [-0.39, 0.29) is 23.3 Å². The van der Waals surface area contributed by atoms with E-state index in [4.69, 9.17) is 16.5 Å². The van der Waals surface area contributed by atoms with Crippen molar-refractivity contribution in [1.29, 1.82) is 0 Å². The first-order valence-electron chi connectivity index (χ1n) is 11.4. The molecule has 0 spiro atoms. The van der Waals surface area contributed by atoms with Crippen LogP contribution in [0.5, 0.6) is 0 Å². The predicted octanol–water partition coefficient (Wildman–Crippen LogP) is 5.66. The number of aryl methyl sites for hydroxylation is 2. The first kappa shape index (κ1) is 21.2. The maximum Gasteiger partial charge on any atom is 0.226 e. The van der Waals surface area contributed by atoms with E-state index < -0.39 is 5.41 Å². The van der Waals surface area contributed by atoms with Crippen LogP contribution in [0.3, 0.4) is 0 Å². The molecule has 0 saturated carbocycles. The minimum atomic E-state index is -0.500. The van der Waals surface area contributed by atoms with Gasteiger partial charge in [0.1, 0.15) is 0 Å². The van der Waals surface area contributed by atoms with Crippen LogP contribution in [0.15, 0.2) is 54.4 Å². The number of Topliss-reactive ketones (excluding diaryl/α,β-unsaturated/α-hetero) is 1. The summed E-state index contributed by atoms with van der Waals surface area (Å²) in [4.78, 5) is 30.9. The van der Waals surface area contributed by atoms with Crippen molar-refractivity contribution in [3.8, 4) is 22.6 Å². The number of benzene rings is 1. The van der Waals surface area contributed by atoms with Crippen LogP contribution in [0.25, 0.3) is 27.5 Å². The third-order valence-electron chi connectivity index (χ3n) is 7.30. The molecule has 2 aliphatic rings. The molecule has 5 rings (SSSR count). The summed E-state index contributed by atoms with van der Waals surface area (Å²) in [5.41, 5.74) is 6.80. The van der Waals surface area contributed by atoms with Crippen LogP contribution in [-0.2, 0) is 16.6 Å². The van der Waals surface area contributed by atoms with Gasteiger partial charge in [-0.15, -0.1) is 0 Å². The fraction of sp³-hybridized carbons (Fsp3) is 0.321. The van der Waals surface area contributed by atoms with Crippen LogP contribution in [-0.4, -0.2) is 20.7 Å². The Bertz CT molecular complexity index is 1350. The molecule has 5 nitrogen and oxygen atoms in total. The van der Waals surface area contributed by atoms with Gasteiger partial charge in [-0.2, -0.15) is 0 Å². The summed E-state index contributed by atoms with van der Waals surface area (Å²) in [6.45, 7) is 15.7. The third-order valence-corrected chi connectivity index (χ3v) is 7.30. The molecule has 2 aliphatic carbocycles. The molecular weight excluding hydrogens is 408 g/mol. The van der Waals surface area contributed by atoms with Gasteiger partial charge < -0.3 is 4.79 Å². The second kappa shape index (κ2) is 7.74. The van der Waals surface area contributed by atoms with Gasteiger partial charge in [0.15, 0.2) is 11.6 Å². The Morgan fingerprint density at radius 3 is 2.55 bits per heavy atom. The van der Waals surface area contributed by atoms with Crippen molar-refractivity contribution in [3.63, 3.8) is 0 Å². The number of nitrogens with zero attached hydrogens (tertiary/aromatic N) is 4. The number of carbonyl (C=O) groups is 1. The minimum absolute atomic E-state index is 0.0475. The van der Waals surface area contributed by atoms with E-state index >= 15 is 0 Å². The number of rotatable bonds is 2. The largest absolute Gasteiger partial charge is 0.308 e. The highest BCUT2D eigenvalue weighted by Gasteiger charge is 2.49. The summed E-state index contributed by atoms with van der Waals surface area (Å²) in [6.07, 6.45) is 5.34. The number of hydrogen-bond donors (Lipinski definition) is 0. The zero-order valence-electron chi connectivity index (χ0n) is 19.4. The molecule has 3 atom stereocenters. The molecule has 5 heteroatoms. The molecule has 33 heavy (non-hydrogen) atoms. The lowest BCUT2D eigenvalue weighted by atomic mass is 9.58. The minimum Gasteiger partial charge on any atom is -0.308 e. The van der Waals surface area contributed by atoms with Crippen molar-refractivity contribution in [2.75, 3.05) is 0 Å². The van der Waals surface area contributed by atoms with Crippen LogP contribution >= 0.6 is 0 Å². The van der Waals surface area contributed by atoms with Crippen molar-refractivity contribution >= 4 is 5.78 Å². The number of carbonyl (C=O) groups excluding carboxylic acids is 1. The van der Waals surface area contributed by atoms with Gasteiger partial charge in [0.2, 0.25) is 5.70 Å². The third kappa shape index (κ3) is 3.38. The van der Waals surface area contributed by atoms with E-state index in [0.29, 0.717) is 5.82 Å². The number of pyridine rings is 1. The number of aromatic nitrogens is 3. The molecule has 2 heterocycles. The van der Waals surface area contributed by atoms with Crippen molar-refractivity contribution in [2.45, 2.75) is 46.0 Å². The van der Waals surface area contributed by atoms with Gasteiger partial charge in [0.05, 0.1) is 18.0 Å². The zero-order valence-corrected chi connectivity index (χ0v) is 19.4. The fourth-order valence-corrected chi connectivity index (χ4v) is 5.51. The number of allylic oxidation sites excluding steroid dienone is 2. The quantitative estimate of drug-likeness (QED) is 0.488. The first-order valence-corrected chi connectivity index (χ1v) is 11.4. The summed E-state index contributed by atoms with van der Waals surface area (Å²) in [5.74, 6) is 0.505. The highest BCUT2D eigenvalue weighted by molar-refractivity contribution is 6.00. The average molecular weight is 435 g/mol. The van der Waals surface area contributed by atoms with E-state index in [1.807, 2.05) is 32.1 Å². The second-order valence-corrected chi connectivity index (χ2v) is 9.50. The summed E-state index contributed by atoms with van der Waals surface area (Å²) in [6, 6.07) is 12.4. The Morgan fingerprint density at radius 1 is 1.09 bits per heavy atom. The molecule has 0 unspecified atom stereocenters. The maximum absolute atomic E-state index is 12.8. The molecule has 3 aromatic rings. The van der Waals surface area contributed by atoms with E-state index in [1.165, 1.54) is 5.56 Å². The van der Waals surface area contributed by atoms with Gasteiger partial charge in [-0.1, -0.05) is 49.8 Å². The molecule has 0 saturated heterocycles. The average Bonchev–Trinajstić information content (AvgIpc) is 2.81. The smallest absolute Gasteiger partial charge is 0.226 e. The van der Waals surface area contributed by atoms with E-state index in [1.54, 1.807) is 6.20 Å². The molecule has 0 amide bonds. The monoisotopic (exact) mass is 434 g/mol. The molecule has 0 N–H and O–H groups in total. The van der Waals surface area contributed by atoms with Crippen molar-refractivity contribution < 1.29 is 4.79 Å². The van der Waals surface area contributed by atoms with Gasteiger partial charge >= 0.3 is 0 Å².